The highest BCUT2D eigenvalue weighted by atomic mass is 16.3. The van der Waals surface area contributed by atoms with Crippen LogP contribution >= 0.6 is 0 Å². The summed E-state index contributed by atoms with van der Waals surface area (Å²) in [7, 11) is 2.07. The molecule has 0 spiro atoms. The van der Waals surface area contributed by atoms with Gasteiger partial charge >= 0.3 is 0 Å². The standard InChI is InChI=1S/C19H25NO/c1-4-16-9-11-17(12-10-16)20(3)14-13-19(21)18-8-6-5-7-15(18)2/h5-12,19,21H,4,13-14H2,1-3H3. The second kappa shape index (κ2) is 7.28. The summed E-state index contributed by atoms with van der Waals surface area (Å²) in [6.07, 6.45) is 1.40. The van der Waals surface area contributed by atoms with Crippen LogP contribution in [0.5, 0.6) is 0 Å². The Morgan fingerprint density at radius 2 is 1.71 bits per heavy atom. The smallest absolute Gasteiger partial charge is 0.0809 e. The van der Waals surface area contributed by atoms with Crippen molar-refractivity contribution in [2.45, 2.75) is 32.8 Å². The van der Waals surface area contributed by atoms with Gasteiger partial charge in [0.05, 0.1) is 6.10 Å². The van der Waals surface area contributed by atoms with E-state index in [2.05, 4.69) is 43.1 Å². The number of benzene rings is 2. The van der Waals surface area contributed by atoms with E-state index in [1.54, 1.807) is 0 Å². The first kappa shape index (κ1) is 15.6. The monoisotopic (exact) mass is 283 g/mol. The quantitative estimate of drug-likeness (QED) is 0.862. The minimum absolute atomic E-state index is 0.399. The molecule has 21 heavy (non-hydrogen) atoms. The van der Waals surface area contributed by atoms with Gasteiger partial charge in [0.15, 0.2) is 0 Å². The highest BCUT2D eigenvalue weighted by Crippen LogP contribution is 2.22. The van der Waals surface area contributed by atoms with Gasteiger partial charge in [0.1, 0.15) is 0 Å². The van der Waals surface area contributed by atoms with E-state index in [4.69, 9.17) is 0 Å². The zero-order valence-corrected chi connectivity index (χ0v) is 13.2. The van der Waals surface area contributed by atoms with Crippen LogP contribution in [0.25, 0.3) is 0 Å². The summed E-state index contributed by atoms with van der Waals surface area (Å²) in [5.74, 6) is 0. The van der Waals surface area contributed by atoms with Gasteiger partial charge < -0.3 is 10.0 Å². The maximum Gasteiger partial charge on any atom is 0.0809 e. The molecular weight excluding hydrogens is 258 g/mol. The van der Waals surface area contributed by atoms with Gasteiger partial charge in [-0.1, -0.05) is 43.3 Å². The van der Waals surface area contributed by atoms with Crippen LogP contribution in [0.1, 0.15) is 36.1 Å². The summed E-state index contributed by atoms with van der Waals surface area (Å²) in [5, 5.41) is 10.4. The Balaban J connectivity index is 1.94. The van der Waals surface area contributed by atoms with Crippen LogP contribution in [0.15, 0.2) is 48.5 Å². The molecule has 0 saturated carbocycles. The predicted molar refractivity (Wildman–Crippen MR) is 89.8 cm³/mol. The SMILES string of the molecule is CCc1ccc(N(C)CCC(O)c2ccccc2C)cc1. The van der Waals surface area contributed by atoms with Crippen molar-refractivity contribution in [2.75, 3.05) is 18.5 Å². The summed E-state index contributed by atoms with van der Waals surface area (Å²) < 4.78 is 0. The average Bonchev–Trinajstić information content (AvgIpc) is 2.52. The second-order valence-electron chi connectivity index (χ2n) is 5.60. The fraction of sp³-hybridized carbons (Fsp3) is 0.368. The van der Waals surface area contributed by atoms with Gasteiger partial charge in [-0.15, -0.1) is 0 Å². The predicted octanol–water partition coefficient (Wildman–Crippen LogP) is 4.12. The molecule has 0 aliphatic carbocycles. The first-order chi connectivity index (χ1) is 10.1. The second-order valence-corrected chi connectivity index (χ2v) is 5.60. The van der Waals surface area contributed by atoms with E-state index in [1.165, 1.54) is 11.3 Å². The van der Waals surface area contributed by atoms with Crippen molar-refractivity contribution in [2.24, 2.45) is 0 Å². The Labute approximate surface area is 128 Å². The number of hydrogen-bond donors (Lipinski definition) is 1. The third kappa shape index (κ3) is 4.08. The largest absolute Gasteiger partial charge is 0.388 e. The van der Waals surface area contributed by atoms with Gasteiger partial charge in [0.2, 0.25) is 0 Å². The molecule has 2 aromatic carbocycles. The molecule has 0 saturated heterocycles. The van der Waals surface area contributed by atoms with Gasteiger partial charge in [-0.05, 0) is 48.6 Å². The minimum atomic E-state index is -0.399. The average molecular weight is 283 g/mol. The Hall–Kier alpha value is -1.80. The van der Waals surface area contributed by atoms with Gasteiger partial charge in [-0.2, -0.15) is 0 Å². The van der Waals surface area contributed by atoms with Crippen LogP contribution < -0.4 is 4.90 Å². The minimum Gasteiger partial charge on any atom is -0.388 e. The van der Waals surface area contributed by atoms with Crippen LogP contribution in [0.4, 0.5) is 5.69 Å². The molecule has 1 unspecified atom stereocenters. The Morgan fingerprint density at radius 1 is 1.05 bits per heavy atom. The molecule has 0 bridgehead atoms. The fourth-order valence-corrected chi connectivity index (χ4v) is 2.55. The maximum atomic E-state index is 10.4. The van der Waals surface area contributed by atoms with E-state index in [0.29, 0.717) is 0 Å². The van der Waals surface area contributed by atoms with Crippen molar-refractivity contribution < 1.29 is 5.11 Å². The number of aliphatic hydroxyl groups excluding tert-OH is 1. The van der Waals surface area contributed by atoms with E-state index in [9.17, 15) is 5.11 Å². The number of hydrogen-bond acceptors (Lipinski definition) is 2. The molecule has 1 N–H and O–H groups in total. The topological polar surface area (TPSA) is 23.5 Å². The Bertz CT molecular complexity index is 562. The molecule has 2 heteroatoms. The molecule has 112 valence electrons. The van der Waals surface area contributed by atoms with E-state index in [-0.39, 0.29) is 0 Å². The van der Waals surface area contributed by atoms with Crippen LogP contribution in [0, 0.1) is 6.92 Å². The highest BCUT2D eigenvalue weighted by molar-refractivity contribution is 5.46. The van der Waals surface area contributed by atoms with Crippen LogP contribution in [-0.4, -0.2) is 18.7 Å². The molecule has 0 amide bonds. The van der Waals surface area contributed by atoms with Crippen molar-refractivity contribution >= 4 is 5.69 Å². The molecule has 2 rings (SSSR count). The molecule has 2 nitrogen and oxygen atoms in total. The summed E-state index contributed by atoms with van der Waals surface area (Å²) >= 11 is 0. The summed E-state index contributed by atoms with van der Waals surface area (Å²) in [4.78, 5) is 2.20. The lowest BCUT2D eigenvalue weighted by Gasteiger charge is -2.22. The molecular formula is C19H25NO. The van der Waals surface area contributed by atoms with Gasteiger partial charge in [0, 0.05) is 19.3 Å². The number of nitrogens with zero attached hydrogens (tertiary/aromatic N) is 1. The summed E-state index contributed by atoms with van der Waals surface area (Å²) in [6, 6.07) is 16.7. The lowest BCUT2D eigenvalue weighted by Crippen LogP contribution is -2.20. The summed E-state index contributed by atoms with van der Waals surface area (Å²) in [6.45, 7) is 5.05. The van der Waals surface area contributed by atoms with E-state index < -0.39 is 6.10 Å². The van der Waals surface area contributed by atoms with E-state index >= 15 is 0 Å². The lowest BCUT2D eigenvalue weighted by molar-refractivity contribution is 0.169. The first-order valence-corrected chi connectivity index (χ1v) is 7.65. The first-order valence-electron chi connectivity index (χ1n) is 7.65. The molecule has 0 fully saturated rings. The Kier molecular flexibility index (Phi) is 5.40. The molecule has 2 aromatic rings. The molecule has 0 aliphatic heterocycles. The van der Waals surface area contributed by atoms with Crippen molar-refractivity contribution in [1.29, 1.82) is 0 Å². The van der Waals surface area contributed by atoms with Crippen LogP contribution in [-0.2, 0) is 6.42 Å². The van der Waals surface area contributed by atoms with Crippen molar-refractivity contribution in [3.63, 3.8) is 0 Å². The number of anilines is 1. The molecule has 0 heterocycles. The zero-order valence-electron chi connectivity index (χ0n) is 13.2. The maximum absolute atomic E-state index is 10.4. The molecule has 0 aromatic heterocycles. The molecule has 1 atom stereocenters. The fourth-order valence-electron chi connectivity index (χ4n) is 2.55. The third-order valence-corrected chi connectivity index (χ3v) is 4.07. The van der Waals surface area contributed by atoms with Crippen molar-refractivity contribution in [3.8, 4) is 0 Å². The van der Waals surface area contributed by atoms with Crippen LogP contribution in [0.3, 0.4) is 0 Å². The lowest BCUT2D eigenvalue weighted by atomic mass is 10.0. The molecule has 0 aliphatic rings. The normalized spacial score (nSPS) is 12.2. The summed E-state index contributed by atoms with van der Waals surface area (Å²) in [5.41, 5.74) is 4.74. The zero-order chi connectivity index (χ0) is 15.2. The number of aryl methyl sites for hydroxylation is 2. The van der Waals surface area contributed by atoms with Crippen molar-refractivity contribution in [1.82, 2.24) is 0 Å². The third-order valence-electron chi connectivity index (χ3n) is 4.07. The van der Waals surface area contributed by atoms with Crippen molar-refractivity contribution in [3.05, 3.63) is 65.2 Å². The number of aliphatic hydroxyl groups is 1. The van der Waals surface area contributed by atoms with Crippen LogP contribution in [0.2, 0.25) is 0 Å². The van der Waals surface area contributed by atoms with Gasteiger partial charge in [0.25, 0.3) is 0 Å². The highest BCUT2D eigenvalue weighted by Gasteiger charge is 2.11. The van der Waals surface area contributed by atoms with Gasteiger partial charge in [-0.25, -0.2) is 0 Å². The van der Waals surface area contributed by atoms with Gasteiger partial charge in [-0.3, -0.25) is 0 Å². The van der Waals surface area contributed by atoms with E-state index in [1.807, 2.05) is 31.2 Å². The Morgan fingerprint density at radius 3 is 2.33 bits per heavy atom. The van der Waals surface area contributed by atoms with E-state index in [0.717, 1.165) is 30.5 Å². The number of rotatable bonds is 6. The molecule has 0 radical (unpaired) electrons.